The largest absolute Gasteiger partial charge is 0.378 e. The molecule has 0 radical (unpaired) electrons. The fourth-order valence-electron chi connectivity index (χ4n) is 2.55. The summed E-state index contributed by atoms with van der Waals surface area (Å²) in [6, 6.07) is 6.41. The van der Waals surface area contributed by atoms with Gasteiger partial charge >= 0.3 is 6.03 Å². The van der Waals surface area contributed by atoms with Gasteiger partial charge in [0.1, 0.15) is 11.9 Å². The van der Waals surface area contributed by atoms with Crippen LogP contribution in [0.3, 0.4) is 0 Å². The molecule has 1 aromatic carbocycles. The maximum atomic E-state index is 12.2. The number of anilines is 2. The Morgan fingerprint density at radius 3 is 2.83 bits per heavy atom. The van der Waals surface area contributed by atoms with Crippen LogP contribution >= 0.6 is 0 Å². The molecule has 1 aromatic heterocycles. The second-order valence-corrected chi connectivity index (χ2v) is 5.50. The number of nitrogens with one attached hydrogen (secondary N) is 3. The van der Waals surface area contributed by atoms with Crippen LogP contribution in [0.2, 0.25) is 0 Å². The number of carbonyl (C=O) groups excluding carboxylic acids is 2. The number of hydrogen-bond donors (Lipinski definition) is 3. The van der Waals surface area contributed by atoms with Crippen molar-refractivity contribution < 1.29 is 9.59 Å². The number of aromatic amines is 1. The van der Waals surface area contributed by atoms with E-state index in [1.54, 1.807) is 18.3 Å². The smallest absolute Gasteiger partial charge is 0.329 e. The van der Waals surface area contributed by atoms with Crippen LogP contribution in [0.5, 0.6) is 0 Å². The monoisotopic (exact) mass is 313 g/mol. The summed E-state index contributed by atoms with van der Waals surface area (Å²) in [7, 11) is 0. The fraction of sp³-hybridized carbons (Fsp3) is 0.312. The number of imidazole rings is 1. The molecule has 1 saturated heterocycles. The van der Waals surface area contributed by atoms with Crippen LogP contribution in [0.1, 0.15) is 24.9 Å². The maximum absolute atomic E-state index is 12.2. The number of imide groups is 1. The Morgan fingerprint density at radius 2 is 2.17 bits per heavy atom. The average molecular weight is 313 g/mol. The zero-order chi connectivity index (χ0) is 16.4. The zero-order valence-electron chi connectivity index (χ0n) is 13.1. The van der Waals surface area contributed by atoms with E-state index < -0.39 is 6.04 Å². The lowest BCUT2D eigenvalue weighted by Gasteiger charge is -2.14. The van der Waals surface area contributed by atoms with Crippen LogP contribution in [0.4, 0.5) is 16.2 Å². The van der Waals surface area contributed by atoms with Gasteiger partial charge in [-0.05, 0) is 31.5 Å². The molecule has 3 rings (SSSR count). The van der Waals surface area contributed by atoms with Gasteiger partial charge in [0.05, 0.1) is 12.2 Å². The van der Waals surface area contributed by atoms with Crippen LogP contribution in [0, 0.1) is 6.92 Å². The molecule has 7 nitrogen and oxygen atoms in total. The second-order valence-electron chi connectivity index (χ2n) is 5.50. The van der Waals surface area contributed by atoms with Gasteiger partial charge in [-0.25, -0.2) is 14.7 Å². The summed E-state index contributed by atoms with van der Waals surface area (Å²) >= 11 is 0. The van der Waals surface area contributed by atoms with E-state index in [0.717, 1.165) is 17.2 Å². The summed E-state index contributed by atoms with van der Waals surface area (Å²) in [5, 5.41) is 5.91. The molecule has 0 aliphatic carbocycles. The minimum absolute atomic E-state index is 0.212. The van der Waals surface area contributed by atoms with Crippen LogP contribution in [0.25, 0.3) is 0 Å². The molecule has 1 aliphatic heterocycles. The number of H-pyrrole nitrogens is 1. The lowest BCUT2D eigenvalue weighted by molar-refractivity contribution is -0.118. The maximum Gasteiger partial charge on any atom is 0.329 e. The van der Waals surface area contributed by atoms with E-state index in [1.807, 2.05) is 26.0 Å². The molecule has 1 atom stereocenters. The summed E-state index contributed by atoms with van der Waals surface area (Å²) in [5.74, 6) is 0.616. The third kappa shape index (κ3) is 3.03. The average Bonchev–Trinajstić information content (AvgIpc) is 3.08. The summed E-state index contributed by atoms with van der Waals surface area (Å²) in [6.07, 6.45) is 2.35. The highest BCUT2D eigenvalue weighted by atomic mass is 16.2. The van der Waals surface area contributed by atoms with Crippen molar-refractivity contribution >= 4 is 23.3 Å². The molecule has 2 aromatic rings. The molecule has 3 amide bonds. The van der Waals surface area contributed by atoms with Gasteiger partial charge in [-0.2, -0.15) is 0 Å². The second kappa shape index (κ2) is 6.12. The summed E-state index contributed by atoms with van der Waals surface area (Å²) in [6.45, 7) is 4.35. The van der Waals surface area contributed by atoms with E-state index in [1.165, 1.54) is 4.90 Å². The van der Waals surface area contributed by atoms with Crippen LogP contribution in [-0.4, -0.2) is 27.9 Å². The van der Waals surface area contributed by atoms with Crippen LogP contribution < -0.4 is 15.5 Å². The fourth-order valence-corrected chi connectivity index (χ4v) is 2.55. The first kappa shape index (κ1) is 15.1. The van der Waals surface area contributed by atoms with Gasteiger partial charge in [0, 0.05) is 17.6 Å². The van der Waals surface area contributed by atoms with E-state index >= 15 is 0 Å². The van der Waals surface area contributed by atoms with Gasteiger partial charge in [0.2, 0.25) is 0 Å². The van der Waals surface area contributed by atoms with Crippen LogP contribution in [-0.2, 0) is 11.3 Å². The first-order chi connectivity index (χ1) is 11.1. The summed E-state index contributed by atoms with van der Waals surface area (Å²) in [4.78, 5) is 32.8. The number of rotatable bonds is 5. The normalized spacial score (nSPS) is 17.5. The number of aryl methyl sites for hydroxylation is 1. The predicted molar refractivity (Wildman–Crippen MR) is 87.2 cm³/mol. The topological polar surface area (TPSA) is 90.1 Å². The van der Waals surface area contributed by atoms with Gasteiger partial charge in [0.25, 0.3) is 5.91 Å². The lowest BCUT2D eigenvalue weighted by atomic mass is 10.2. The third-order valence-electron chi connectivity index (χ3n) is 3.75. The number of amides is 3. The molecule has 23 heavy (non-hydrogen) atoms. The Balaban J connectivity index is 1.74. The summed E-state index contributed by atoms with van der Waals surface area (Å²) in [5.41, 5.74) is 2.38. The third-order valence-corrected chi connectivity index (χ3v) is 3.75. The first-order valence-electron chi connectivity index (χ1n) is 7.57. The number of carbonyl (C=O) groups is 2. The lowest BCUT2D eigenvalue weighted by Crippen LogP contribution is -2.31. The van der Waals surface area contributed by atoms with Crippen molar-refractivity contribution in [2.75, 3.05) is 10.2 Å². The Hall–Kier alpha value is -2.83. The Labute approximate surface area is 134 Å². The molecule has 0 saturated carbocycles. The molecule has 7 heteroatoms. The van der Waals surface area contributed by atoms with Crippen molar-refractivity contribution in [1.29, 1.82) is 0 Å². The van der Waals surface area contributed by atoms with Crippen molar-refractivity contribution in [3.05, 3.63) is 42.0 Å². The molecule has 1 fully saturated rings. The molecule has 120 valence electrons. The molecular formula is C16H19N5O2. The van der Waals surface area contributed by atoms with Gasteiger partial charge in [0.15, 0.2) is 0 Å². The molecular weight excluding hydrogens is 294 g/mol. The number of hydrogen-bond acceptors (Lipinski definition) is 4. The Morgan fingerprint density at radius 1 is 1.35 bits per heavy atom. The van der Waals surface area contributed by atoms with Crippen LogP contribution in [0.15, 0.2) is 30.5 Å². The number of aromatic nitrogens is 2. The van der Waals surface area contributed by atoms with Crippen molar-refractivity contribution in [3.63, 3.8) is 0 Å². The minimum Gasteiger partial charge on any atom is -0.378 e. The first-order valence-corrected chi connectivity index (χ1v) is 7.57. The molecule has 0 bridgehead atoms. The van der Waals surface area contributed by atoms with Gasteiger partial charge < -0.3 is 15.6 Å². The molecule has 3 N–H and O–H groups in total. The van der Waals surface area contributed by atoms with E-state index in [4.69, 9.17) is 0 Å². The van der Waals surface area contributed by atoms with E-state index in [9.17, 15) is 9.59 Å². The van der Waals surface area contributed by atoms with Crippen molar-refractivity contribution in [3.8, 4) is 0 Å². The molecule has 1 unspecified atom stereocenters. The van der Waals surface area contributed by atoms with Gasteiger partial charge in [-0.1, -0.05) is 13.0 Å². The van der Waals surface area contributed by atoms with Crippen molar-refractivity contribution in [1.82, 2.24) is 15.3 Å². The standard InChI is InChI=1S/C16H19N5O2/c1-3-13-15(22)21(16(23)20-13)12-6-4-5-11(7-12)17-9-14-18-8-10(2)19-14/h4-8,13,17H,3,9H2,1-2H3,(H,18,19)(H,20,23). The van der Waals surface area contributed by atoms with Gasteiger partial charge in [-0.15, -0.1) is 0 Å². The van der Waals surface area contributed by atoms with Crippen molar-refractivity contribution in [2.24, 2.45) is 0 Å². The van der Waals surface area contributed by atoms with E-state index in [-0.39, 0.29) is 11.9 Å². The number of nitrogens with zero attached hydrogens (tertiary/aromatic N) is 2. The minimum atomic E-state index is -0.440. The Bertz CT molecular complexity index is 740. The quantitative estimate of drug-likeness (QED) is 0.738. The molecule has 0 spiro atoms. The van der Waals surface area contributed by atoms with E-state index in [2.05, 4.69) is 20.6 Å². The van der Waals surface area contributed by atoms with E-state index in [0.29, 0.717) is 18.7 Å². The predicted octanol–water partition coefficient (Wildman–Crippen LogP) is 2.17. The summed E-state index contributed by atoms with van der Waals surface area (Å²) < 4.78 is 0. The van der Waals surface area contributed by atoms with Gasteiger partial charge in [-0.3, -0.25) is 4.79 Å². The molecule has 2 heterocycles. The highest BCUT2D eigenvalue weighted by Gasteiger charge is 2.37. The highest BCUT2D eigenvalue weighted by Crippen LogP contribution is 2.24. The molecule has 1 aliphatic rings. The Kier molecular flexibility index (Phi) is 4.01. The SMILES string of the molecule is CCC1NC(=O)N(c2cccc(NCc3ncc(C)[nH]3)c2)C1=O. The highest BCUT2D eigenvalue weighted by molar-refractivity contribution is 6.21. The zero-order valence-corrected chi connectivity index (χ0v) is 13.1. The number of benzene rings is 1. The number of urea groups is 1. The van der Waals surface area contributed by atoms with Crippen molar-refractivity contribution in [2.45, 2.75) is 32.9 Å².